The molecule has 0 fully saturated rings. The van der Waals surface area contributed by atoms with E-state index in [1.165, 1.54) is 5.56 Å². The molecule has 138 valence electrons. The largest absolute Gasteiger partial charge is 0.497 e. The molecule has 2 heterocycles. The molecule has 1 unspecified atom stereocenters. The van der Waals surface area contributed by atoms with Gasteiger partial charge in [0.1, 0.15) is 11.4 Å². The van der Waals surface area contributed by atoms with Gasteiger partial charge in [-0.2, -0.15) is 5.10 Å². The number of ether oxygens (including phenoxy) is 1. The fraction of sp³-hybridized carbons (Fsp3) is 0.400. The van der Waals surface area contributed by atoms with Gasteiger partial charge in [0, 0.05) is 29.7 Å². The second kappa shape index (κ2) is 6.86. The number of nitrogens with zero attached hydrogens (tertiary/aromatic N) is 2. The minimum absolute atomic E-state index is 0.00412. The van der Waals surface area contributed by atoms with Crippen LogP contribution in [-0.4, -0.2) is 33.8 Å². The van der Waals surface area contributed by atoms with Gasteiger partial charge in [0.2, 0.25) is 0 Å². The standard InChI is InChI=1S/C20H26N4O2/c1-11(9-17-13(3)23-24(5)14(17)4)21-20(25)19-12(2)16-10-15(26-6)7-8-18(16)22-19/h7-8,10-11,22H,9H2,1-6H3,(H,21,25). The molecular formula is C20H26N4O2. The van der Waals surface area contributed by atoms with Crippen molar-refractivity contribution in [2.24, 2.45) is 7.05 Å². The van der Waals surface area contributed by atoms with Crippen molar-refractivity contribution in [1.82, 2.24) is 20.1 Å². The molecule has 26 heavy (non-hydrogen) atoms. The van der Waals surface area contributed by atoms with Crippen LogP contribution in [0.2, 0.25) is 0 Å². The number of H-pyrrole nitrogens is 1. The minimum Gasteiger partial charge on any atom is -0.497 e. The van der Waals surface area contributed by atoms with Crippen molar-refractivity contribution >= 4 is 16.8 Å². The van der Waals surface area contributed by atoms with Crippen LogP contribution in [0.25, 0.3) is 10.9 Å². The summed E-state index contributed by atoms with van der Waals surface area (Å²) in [5.74, 6) is 0.687. The normalized spacial score (nSPS) is 12.4. The number of methoxy groups -OCH3 is 1. The molecule has 6 heteroatoms. The highest BCUT2D eigenvalue weighted by Crippen LogP contribution is 2.26. The van der Waals surface area contributed by atoms with Crippen molar-refractivity contribution in [2.45, 2.75) is 40.2 Å². The molecule has 0 saturated carbocycles. The van der Waals surface area contributed by atoms with Crippen molar-refractivity contribution in [3.63, 3.8) is 0 Å². The van der Waals surface area contributed by atoms with Crippen molar-refractivity contribution < 1.29 is 9.53 Å². The fourth-order valence-electron chi connectivity index (χ4n) is 3.43. The monoisotopic (exact) mass is 354 g/mol. The van der Waals surface area contributed by atoms with Gasteiger partial charge in [0.25, 0.3) is 5.91 Å². The van der Waals surface area contributed by atoms with Gasteiger partial charge in [-0.05, 0) is 63.4 Å². The number of rotatable bonds is 5. The Morgan fingerprint density at radius 1 is 1.35 bits per heavy atom. The lowest BCUT2D eigenvalue weighted by Crippen LogP contribution is -2.34. The SMILES string of the molecule is COc1ccc2[nH]c(C(=O)NC(C)Cc3c(C)nn(C)c3C)c(C)c2c1. The zero-order chi connectivity index (χ0) is 19.0. The van der Waals surface area contributed by atoms with Crippen molar-refractivity contribution in [3.8, 4) is 5.75 Å². The number of hydrogen-bond donors (Lipinski definition) is 2. The Balaban J connectivity index is 1.79. The Bertz CT molecular complexity index is 968. The number of nitrogens with one attached hydrogen (secondary N) is 2. The molecule has 1 amide bonds. The first-order valence-corrected chi connectivity index (χ1v) is 8.78. The van der Waals surface area contributed by atoms with E-state index in [0.717, 1.165) is 40.0 Å². The van der Waals surface area contributed by atoms with Gasteiger partial charge in [-0.15, -0.1) is 0 Å². The molecule has 1 aromatic carbocycles. The molecule has 3 aromatic rings. The van der Waals surface area contributed by atoms with Gasteiger partial charge in [0.05, 0.1) is 12.8 Å². The first-order chi connectivity index (χ1) is 12.3. The maximum atomic E-state index is 12.8. The summed E-state index contributed by atoms with van der Waals surface area (Å²) in [6, 6.07) is 5.77. The molecule has 6 nitrogen and oxygen atoms in total. The topological polar surface area (TPSA) is 71.9 Å². The van der Waals surface area contributed by atoms with E-state index in [2.05, 4.69) is 22.3 Å². The third-order valence-corrected chi connectivity index (χ3v) is 5.04. The Kier molecular flexibility index (Phi) is 4.76. The van der Waals surface area contributed by atoms with Crippen molar-refractivity contribution in [3.05, 3.63) is 46.4 Å². The number of carbonyl (C=O) groups excluding carboxylic acids is 1. The maximum Gasteiger partial charge on any atom is 0.268 e. The Labute approximate surface area is 153 Å². The summed E-state index contributed by atoms with van der Waals surface area (Å²) in [6.07, 6.45) is 0.754. The molecule has 0 bridgehead atoms. The quantitative estimate of drug-likeness (QED) is 0.739. The lowest BCUT2D eigenvalue weighted by Gasteiger charge is -2.14. The predicted molar refractivity (Wildman–Crippen MR) is 103 cm³/mol. The highest BCUT2D eigenvalue weighted by atomic mass is 16.5. The van der Waals surface area contributed by atoms with E-state index in [0.29, 0.717) is 5.69 Å². The summed E-state index contributed by atoms with van der Waals surface area (Å²) in [5.41, 5.74) is 5.80. The van der Waals surface area contributed by atoms with Gasteiger partial charge in [-0.25, -0.2) is 0 Å². The molecule has 2 N–H and O–H groups in total. The summed E-state index contributed by atoms with van der Waals surface area (Å²) in [6.45, 7) is 8.03. The number of carbonyl (C=O) groups is 1. The Morgan fingerprint density at radius 2 is 2.08 bits per heavy atom. The van der Waals surface area contributed by atoms with E-state index >= 15 is 0 Å². The number of benzene rings is 1. The van der Waals surface area contributed by atoms with Gasteiger partial charge in [-0.1, -0.05) is 0 Å². The van der Waals surface area contributed by atoms with Gasteiger partial charge < -0.3 is 15.0 Å². The van der Waals surface area contributed by atoms with Crippen LogP contribution in [0.3, 0.4) is 0 Å². The first-order valence-electron chi connectivity index (χ1n) is 8.78. The molecule has 3 rings (SSSR count). The number of aromatic nitrogens is 3. The third-order valence-electron chi connectivity index (χ3n) is 5.04. The smallest absolute Gasteiger partial charge is 0.268 e. The van der Waals surface area contributed by atoms with Crippen LogP contribution >= 0.6 is 0 Å². The third kappa shape index (κ3) is 3.19. The Hall–Kier alpha value is -2.76. The molecule has 0 saturated heterocycles. The summed E-state index contributed by atoms with van der Waals surface area (Å²) in [7, 11) is 3.58. The van der Waals surface area contributed by atoms with E-state index in [4.69, 9.17) is 4.74 Å². The van der Waals surface area contributed by atoms with Gasteiger partial charge >= 0.3 is 0 Å². The molecule has 2 aromatic heterocycles. The van der Waals surface area contributed by atoms with Crippen LogP contribution in [0, 0.1) is 20.8 Å². The average Bonchev–Trinajstić information content (AvgIpc) is 3.06. The lowest BCUT2D eigenvalue weighted by atomic mass is 10.0. The average molecular weight is 354 g/mol. The summed E-state index contributed by atoms with van der Waals surface area (Å²) >= 11 is 0. The fourth-order valence-corrected chi connectivity index (χ4v) is 3.43. The van der Waals surface area contributed by atoms with E-state index in [9.17, 15) is 4.79 Å². The molecule has 1 atom stereocenters. The highest BCUT2D eigenvalue weighted by molar-refractivity contribution is 6.01. The van der Waals surface area contributed by atoms with E-state index < -0.39 is 0 Å². The maximum absolute atomic E-state index is 12.8. The summed E-state index contributed by atoms with van der Waals surface area (Å²) in [4.78, 5) is 16.0. The zero-order valence-electron chi connectivity index (χ0n) is 16.2. The molecule has 0 aliphatic rings. The number of fused-ring (bicyclic) bond motifs is 1. The van der Waals surface area contributed by atoms with Gasteiger partial charge in [0.15, 0.2) is 0 Å². The Morgan fingerprint density at radius 3 is 2.69 bits per heavy atom. The number of amides is 1. The van der Waals surface area contributed by atoms with E-state index in [-0.39, 0.29) is 11.9 Å². The van der Waals surface area contributed by atoms with Crippen molar-refractivity contribution in [1.29, 1.82) is 0 Å². The van der Waals surface area contributed by atoms with Crippen molar-refractivity contribution in [2.75, 3.05) is 7.11 Å². The van der Waals surface area contributed by atoms with E-state index in [1.807, 2.05) is 50.7 Å². The van der Waals surface area contributed by atoms with Crippen LogP contribution in [-0.2, 0) is 13.5 Å². The molecular weight excluding hydrogens is 328 g/mol. The molecule has 0 spiro atoms. The second-order valence-electron chi connectivity index (χ2n) is 6.89. The molecule has 0 radical (unpaired) electrons. The van der Waals surface area contributed by atoms with Crippen LogP contribution < -0.4 is 10.1 Å². The first kappa shape index (κ1) is 18.0. The predicted octanol–water partition coefficient (Wildman–Crippen LogP) is 3.20. The molecule has 0 aliphatic carbocycles. The minimum atomic E-state index is -0.0932. The number of hydrogen-bond acceptors (Lipinski definition) is 3. The number of aromatic amines is 1. The van der Waals surface area contributed by atoms with Crippen LogP contribution in [0.4, 0.5) is 0 Å². The molecule has 0 aliphatic heterocycles. The highest BCUT2D eigenvalue weighted by Gasteiger charge is 2.19. The second-order valence-corrected chi connectivity index (χ2v) is 6.89. The summed E-state index contributed by atoms with van der Waals surface area (Å²) in [5, 5.41) is 8.55. The van der Waals surface area contributed by atoms with Crippen LogP contribution in [0.15, 0.2) is 18.2 Å². The van der Waals surface area contributed by atoms with Crippen LogP contribution in [0.5, 0.6) is 5.75 Å². The summed E-state index contributed by atoms with van der Waals surface area (Å²) < 4.78 is 7.16. The van der Waals surface area contributed by atoms with Gasteiger partial charge in [-0.3, -0.25) is 9.48 Å². The lowest BCUT2D eigenvalue weighted by molar-refractivity contribution is 0.0935. The zero-order valence-corrected chi connectivity index (χ0v) is 16.2. The van der Waals surface area contributed by atoms with Crippen LogP contribution in [0.1, 0.15) is 39.9 Å². The number of aryl methyl sites for hydroxylation is 3. The van der Waals surface area contributed by atoms with E-state index in [1.54, 1.807) is 7.11 Å².